The molecule has 0 aliphatic rings. The van der Waals surface area contributed by atoms with Gasteiger partial charge in [0.25, 0.3) is 0 Å². The first-order valence-corrected chi connectivity index (χ1v) is 20.2. The van der Waals surface area contributed by atoms with Crippen LogP contribution >= 0.6 is 0 Å². The summed E-state index contributed by atoms with van der Waals surface area (Å²) in [6.07, 6.45) is 25.5. The maximum atomic E-state index is 13.6. The van der Waals surface area contributed by atoms with Gasteiger partial charge in [-0.15, -0.1) is 0 Å². The molecule has 0 spiro atoms. The van der Waals surface area contributed by atoms with Crippen molar-refractivity contribution in [3.63, 3.8) is 0 Å². The zero-order valence-electron chi connectivity index (χ0n) is 32.9. The zero-order valence-corrected chi connectivity index (χ0v) is 32.9. The van der Waals surface area contributed by atoms with Gasteiger partial charge in [0.05, 0.1) is 12.9 Å². The lowest BCUT2D eigenvalue weighted by Gasteiger charge is -2.32. The number of carbonyl (C=O) groups excluding carboxylic acids is 4. The lowest BCUT2D eigenvalue weighted by atomic mass is 10.1. The lowest BCUT2D eigenvalue weighted by Crippen LogP contribution is -2.53. The second-order valence-electron chi connectivity index (χ2n) is 14.2. The first-order valence-electron chi connectivity index (χ1n) is 20.2. The topological polar surface area (TPSA) is 143 Å². The number of aromatic nitrogens is 2. The number of rotatable bonds is 33. The maximum absolute atomic E-state index is 13.6. The van der Waals surface area contributed by atoms with E-state index in [0.717, 1.165) is 38.5 Å². The molecule has 0 saturated heterocycles. The Labute approximate surface area is 309 Å². The van der Waals surface area contributed by atoms with Gasteiger partial charge in [-0.2, -0.15) is 0 Å². The molecule has 0 fully saturated rings. The molecule has 0 aromatic carbocycles. The van der Waals surface area contributed by atoms with E-state index in [9.17, 15) is 19.2 Å². The molecule has 2 amide bonds. The molecule has 11 nitrogen and oxygen atoms in total. The molecule has 3 unspecified atom stereocenters. The van der Waals surface area contributed by atoms with E-state index in [1.807, 2.05) is 0 Å². The molecular weight excluding hydrogens is 646 g/mol. The smallest absolute Gasteiger partial charge is 0.306 e. The minimum Gasteiger partial charge on any atom is -0.457 e. The normalized spacial score (nSPS) is 13.0. The number of ether oxygens (including phenoxy) is 2. The number of esters is 2. The van der Waals surface area contributed by atoms with Gasteiger partial charge in [-0.25, -0.2) is 4.98 Å². The molecule has 3 N–H and O–H groups in total. The molecule has 1 aromatic heterocycles. The van der Waals surface area contributed by atoms with Crippen LogP contribution in [0.4, 0.5) is 0 Å². The van der Waals surface area contributed by atoms with E-state index in [0.29, 0.717) is 12.1 Å². The van der Waals surface area contributed by atoms with Crippen molar-refractivity contribution in [2.24, 2.45) is 0 Å². The number of imidazole rings is 1. The van der Waals surface area contributed by atoms with Crippen molar-refractivity contribution < 1.29 is 28.7 Å². The van der Waals surface area contributed by atoms with Crippen molar-refractivity contribution in [3.05, 3.63) is 18.2 Å². The monoisotopic (exact) mass is 720 g/mol. The number of nitrogens with one attached hydrogen (secondary N) is 3. The van der Waals surface area contributed by atoms with Crippen LogP contribution < -0.4 is 10.6 Å². The van der Waals surface area contributed by atoms with Crippen molar-refractivity contribution >= 4 is 23.8 Å². The number of hydrogen-bond donors (Lipinski definition) is 3. The molecule has 0 saturated carbocycles. The fraction of sp³-hybridized carbons (Fsp3) is 0.825. The Morgan fingerprint density at radius 1 is 0.725 bits per heavy atom. The summed E-state index contributed by atoms with van der Waals surface area (Å²) >= 11 is 0. The van der Waals surface area contributed by atoms with E-state index in [4.69, 9.17) is 9.47 Å². The van der Waals surface area contributed by atoms with Crippen LogP contribution in [-0.4, -0.2) is 84.1 Å². The second-order valence-corrected chi connectivity index (χ2v) is 14.2. The third-order valence-electron chi connectivity index (χ3n) is 9.34. The zero-order chi connectivity index (χ0) is 37.5. The van der Waals surface area contributed by atoms with E-state index in [1.54, 1.807) is 20.3 Å². The number of carbonyl (C=O) groups is 4. The fourth-order valence-corrected chi connectivity index (χ4v) is 6.34. The number of likely N-dealkylation sites (N-methyl/N-ethyl adjacent to an activating group) is 2. The van der Waals surface area contributed by atoms with Gasteiger partial charge in [-0.05, 0) is 19.9 Å². The van der Waals surface area contributed by atoms with E-state index in [2.05, 4.69) is 34.4 Å². The molecule has 1 heterocycles. The lowest BCUT2D eigenvalue weighted by molar-refractivity contribution is -0.170. The van der Waals surface area contributed by atoms with Crippen LogP contribution in [0.3, 0.4) is 0 Å². The number of nitrogens with zero attached hydrogens (tertiary/aromatic N) is 2. The summed E-state index contributed by atoms with van der Waals surface area (Å²) in [5, 5.41) is 5.79. The SMILES string of the molecule is CCCCCCCCCCCCC(=O)OC(CNC)C(CN(C)C(=O)C(Cc1cnc[nH]1)NC(C)=O)OC(=O)CCCCCCCCCCCC. The van der Waals surface area contributed by atoms with Crippen LogP contribution in [0.2, 0.25) is 0 Å². The molecule has 3 atom stereocenters. The van der Waals surface area contributed by atoms with Crippen molar-refractivity contribution in [3.8, 4) is 0 Å². The summed E-state index contributed by atoms with van der Waals surface area (Å²) in [6.45, 7) is 6.08. The van der Waals surface area contributed by atoms with Gasteiger partial charge in [0.1, 0.15) is 6.04 Å². The van der Waals surface area contributed by atoms with Crippen molar-refractivity contribution in [2.45, 2.75) is 187 Å². The van der Waals surface area contributed by atoms with Crippen molar-refractivity contribution in [2.75, 3.05) is 27.2 Å². The Morgan fingerprint density at radius 2 is 1.18 bits per heavy atom. The molecule has 0 aliphatic carbocycles. The highest BCUT2D eigenvalue weighted by Crippen LogP contribution is 2.16. The van der Waals surface area contributed by atoms with Gasteiger partial charge in [-0.3, -0.25) is 19.2 Å². The molecular formula is C40H73N5O6. The first-order chi connectivity index (χ1) is 24.7. The van der Waals surface area contributed by atoms with Gasteiger partial charge in [-0.1, -0.05) is 129 Å². The molecule has 1 rings (SSSR count). The van der Waals surface area contributed by atoms with Gasteiger partial charge >= 0.3 is 11.9 Å². The maximum Gasteiger partial charge on any atom is 0.306 e. The number of unbranched alkanes of at least 4 members (excludes halogenated alkanes) is 18. The average Bonchev–Trinajstić information content (AvgIpc) is 3.61. The number of amides is 2. The molecule has 0 bridgehead atoms. The van der Waals surface area contributed by atoms with E-state index < -0.39 is 18.2 Å². The molecule has 0 radical (unpaired) electrons. The Kier molecular flexibility index (Phi) is 27.7. The summed E-state index contributed by atoms with van der Waals surface area (Å²) in [7, 11) is 3.35. The Morgan fingerprint density at radius 3 is 1.59 bits per heavy atom. The standard InChI is InChI=1S/C40H73N5O6/c1-6-8-10-12-14-16-18-20-22-24-26-38(47)50-36(30-41-4)37(51-39(48)27-25-23-21-19-17-15-13-11-9-7-2)31-45(5)40(49)35(44-33(3)46)28-34-29-42-32-43-34/h29,32,35-37,41H,6-28,30-31H2,1-5H3,(H,42,43)(H,44,46). The van der Waals surface area contributed by atoms with E-state index >= 15 is 0 Å². The minimum absolute atomic E-state index is 0.000448. The first kappa shape index (κ1) is 46.1. The van der Waals surface area contributed by atoms with Gasteiger partial charge < -0.3 is 30.0 Å². The largest absolute Gasteiger partial charge is 0.457 e. The second kappa shape index (κ2) is 30.7. The van der Waals surface area contributed by atoms with Gasteiger partial charge in [0.2, 0.25) is 11.8 Å². The van der Waals surface area contributed by atoms with Crippen LogP contribution in [-0.2, 0) is 35.1 Å². The Hall–Kier alpha value is -2.95. The van der Waals surface area contributed by atoms with Crippen LogP contribution in [0.25, 0.3) is 0 Å². The number of H-pyrrole nitrogens is 1. The average molecular weight is 720 g/mol. The molecule has 294 valence electrons. The summed E-state index contributed by atoms with van der Waals surface area (Å²) in [5.41, 5.74) is 0.698. The highest BCUT2D eigenvalue weighted by molar-refractivity contribution is 5.87. The van der Waals surface area contributed by atoms with Crippen molar-refractivity contribution in [1.29, 1.82) is 0 Å². The van der Waals surface area contributed by atoms with Crippen LogP contribution in [0.15, 0.2) is 12.5 Å². The molecule has 0 aliphatic heterocycles. The summed E-state index contributed by atoms with van der Waals surface area (Å²) in [4.78, 5) is 60.2. The van der Waals surface area contributed by atoms with E-state index in [1.165, 1.54) is 108 Å². The Bertz CT molecular complexity index is 1040. The third-order valence-corrected chi connectivity index (χ3v) is 9.34. The van der Waals surface area contributed by atoms with Crippen LogP contribution in [0.5, 0.6) is 0 Å². The fourth-order valence-electron chi connectivity index (χ4n) is 6.34. The predicted molar refractivity (Wildman–Crippen MR) is 204 cm³/mol. The van der Waals surface area contributed by atoms with E-state index in [-0.39, 0.29) is 49.7 Å². The highest BCUT2D eigenvalue weighted by atomic mass is 16.6. The summed E-state index contributed by atoms with van der Waals surface area (Å²) in [5.74, 6) is -1.40. The van der Waals surface area contributed by atoms with Gasteiger partial charge in [0.15, 0.2) is 12.2 Å². The number of aromatic amines is 1. The highest BCUT2D eigenvalue weighted by Gasteiger charge is 2.33. The quantitative estimate of drug-likeness (QED) is 0.0499. The van der Waals surface area contributed by atoms with Crippen molar-refractivity contribution in [1.82, 2.24) is 25.5 Å². The number of hydrogen-bond acceptors (Lipinski definition) is 8. The van der Waals surface area contributed by atoms with Crippen LogP contribution in [0.1, 0.15) is 168 Å². The molecule has 1 aromatic rings. The molecule has 11 heteroatoms. The van der Waals surface area contributed by atoms with Gasteiger partial charge in [0, 0.05) is 51.7 Å². The predicted octanol–water partition coefficient (Wildman–Crippen LogP) is 7.58. The third kappa shape index (κ3) is 24.0. The summed E-state index contributed by atoms with van der Waals surface area (Å²) in [6, 6.07) is -0.849. The summed E-state index contributed by atoms with van der Waals surface area (Å²) < 4.78 is 11.9. The minimum atomic E-state index is -0.885. The molecule has 51 heavy (non-hydrogen) atoms. The Balaban J connectivity index is 2.80. The van der Waals surface area contributed by atoms with Crippen LogP contribution in [0, 0.1) is 0 Å².